The van der Waals surface area contributed by atoms with E-state index in [-0.39, 0.29) is 5.78 Å². The normalized spacial score (nSPS) is 10.1. The molecule has 1 aromatic carbocycles. The predicted molar refractivity (Wildman–Crippen MR) is 61.6 cm³/mol. The molecule has 0 fully saturated rings. The Morgan fingerprint density at radius 3 is 2.77 bits per heavy atom. The fourth-order valence-electron chi connectivity index (χ4n) is 0.981. The Kier molecular flexibility index (Phi) is 4.00. The number of benzene rings is 1. The number of thioether (sulfide) groups is 1. The van der Waals surface area contributed by atoms with E-state index in [0.29, 0.717) is 5.75 Å². The summed E-state index contributed by atoms with van der Waals surface area (Å²) in [5, 5.41) is 0. The highest BCUT2D eigenvalue weighted by Gasteiger charge is 2.05. The Bertz CT molecular complexity index is 323. The summed E-state index contributed by atoms with van der Waals surface area (Å²) >= 11 is 4.96. The number of hydrogen-bond donors (Lipinski definition) is 0. The average molecular weight is 259 g/mol. The van der Waals surface area contributed by atoms with Crippen LogP contribution in [-0.2, 0) is 0 Å². The molecule has 0 aliphatic rings. The zero-order valence-electron chi connectivity index (χ0n) is 7.63. The molecule has 0 amide bonds. The average Bonchev–Trinajstić information content (AvgIpc) is 2.10. The molecule has 0 unspecified atom stereocenters. The molecule has 0 saturated carbocycles. The number of aryl methyl sites for hydroxylation is 1. The first-order valence-electron chi connectivity index (χ1n) is 3.93. The van der Waals surface area contributed by atoms with Crippen molar-refractivity contribution in [2.75, 3.05) is 12.0 Å². The molecule has 0 saturated heterocycles. The first-order valence-corrected chi connectivity index (χ1v) is 6.12. The molecule has 0 radical (unpaired) electrons. The van der Waals surface area contributed by atoms with Gasteiger partial charge in [-0.05, 0) is 24.8 Å². The maximum absolute atomic E-state index is 11.5. The Morgan fingerprint density at radius 1 is 1.54 bits per heavy atom. The molecule has 1 rings (SSSR count). The van der Waals surface area contributed by atoms with Gasteiger partial charge in [0, 0.05) is 10.0 Å². The predicted octanol–water partition coefficient (Wildman–Crippen LogP) is 3.30. The Balaban J connectivity index is 2.90. The molecule has 70 valence electrons. The van der Waals surface area contributed by atoms with E-state index in [4.69, 9.17) is 0 Å². The number of halogens is 1. The van der Waals surface area contributed by atoms with Gasteiger partial charge in [0.25, 0.3) is 0 Å². The lowest BCUT2D eigenvalue weighted by molar-refractivity contribution is 0.102. The van der Waals surface area contributed by atoms with E-state index < -0.39 is 0 Å². The van der Waals surface area contributed by atoms with Crippen LogP contribution in [-0.4, -0.2) is 17.8 Å². The van der Waals surface area contributed by atoms with E-state index >= 15 is 0 Å². The molecule has 1 nitrogen and oxygen atoms in total. The van der Waals surface area contributed by atoms with Gasteiger partial charge in [-0.2, -0.15) is 11.8 Å². The highest BCUT2D eigenvalue weighted by molar-refractivity contribution is 9.10. The van der Waals surface area contributed by atoms with E-state index in [0.717, 1.165) is 15.6 Å². The molecule has 3 heteroatoms. The summed E-state index contributed by atoms with van der Waals surface area (Å²) < 4.78 is 0.999. The lowest BCUT2D eigenvalue weighted by Crippen LogP contribution is -2.01. The third kappa shape index (κ3) is 2.85. The number of carbonyl (C=O) groups excluding carboxylic acids is 1. The standard InChI is InChI=1S/C10H11BrOS/c1-7-3-4-8(5-9(7)11)10(12)6-13-2/h3-5H,6H2,1-2H3. The zero-order valence-corrected chi connectivity index (χ0v) is 10.0. The van der Waals surface area contributed by atoms with Crippen LogP contribution in [0.15, 0.2) is 22.7 Å². The van der Waals surface area contributed by atoms with Gasteiger partial charge in [-0.3, -0.25) is 4.79 Å². The third-order valence-corrected chi connectivity index (χ3v) is 3.17. The number of hydrogen-bond acceptors (Lipinski definition) is 2. The van der Waals surface area contributed by atoms with Gasteiger partial charge in [0.05, 0.1) is 5.75 Å². The topological polar surface area (TPSA) is 17.1 Å². The lowest BCUT2D eigenvalue weighted by atomic mass is 10.1. The second-order valence-corrected chi connectivity index (χ2v) is 4.54. The fraction of sp³-hybridized carbons (Fsp3) is 0.300. The first kappa shape index (κ1) is 10.8. The van der Waals surface area contributed by atoms with Crippen LogP contribution in [0.5, 0.6) is 0 Å². The van der Waals surface area contributed by atoms with Crippen LogP contribution in [0.25, 0.3) is 0 Å². The van der Waals surface area contributed by atoms with Gasteiger partial charge in [0.1, 0.15) is 0 Å². The highest BCUT2D eigenvalue weighted by Crippen LogP contribution is 2.18. The zero-order chi connectivity index (χ0) is 9.84. The van der Waals surface area contributed by atoms with Crippen LogP contribution < -0.4 is 0 Å². The van der Waals surface area contributed by atoms with Gasteiger partial charge in [0.2, 0.25) is 0 Å². The quantitative estimate of drug-likeness (QED) is 0.775. The van der Waals surface area contributed by atoms with Crippen molar-refractivity contribution in [1.82, 2.24) is 0 Å². The molecule has 0 aliphatic carbocycles. The van der Waals surface area contributed by atoms with Crippen LogP contribution in [0.4, 0.5) is 0 Å². The van der Waals surface area contributed by atoms with Crippen molar-refractivity contribution in [1.29, 1.82) is 0 Å². The Labute approximate surface area is 91.0 Å². The van der Waals surface area contributed by atoms with Crippen LogP contribution in [0.3, 0.4) is 0 Å². The minimum atomic E-state index is 0.188. The summed E-state index contributed by atoms with van der Waals surface area (Å²) in [6, 6.07) is 5.71. The molecule has 0 aromatic heterocycles. The van der Waals surface area contributed by atoms with Crippen molar-refractivity contribution in [2.45, 2.75) is 6.92 Å². The van der Waals surface area contributed by atoms with Crippen molar-refractivity contribution >= 4 is 33.5 Å². The highest BCUT2D eigenvalue weighted by atomic mass is 79.9. The molecule has 13 heavy (non-hydrogen) atoms. The number of rotatable bonds is 3. The SMILES string of the molecule is CSCC(=O)c1ccc(C)c(Br)c1. The molecule has 0 aliphatic heterocycles. The minimum absolute atomic E-state index is 0.188. The van der Waals surface area contributed by atoms with Crippen LogP contribution in [0.2, 0.25) is 0 Å². The number of Topliss-reactive ketones (excluding diaryl/α,β-unsaturated/α-hetero) is 1. The summed E-state index contributed by atoms with van der Waals surface area (Å²) in [7, 11) is 0. The number of ketones is 1. The summed E-state index contributed by atoms with van der Waals surface area (Å²) in [6.45, 7) is 2.01. The summed E-state index contributed by atoms with van der Waals surface area (Å²) in [6.07, 6.45) is 1.93. The van der Waals surface area contributed by atoms with Gasteiger partial charge in [-0.1, -0.05) is 28.1 Å². The van der Waals surface area contributed by atoms with E-state index in [1.165, 1.54) is 0 Å². The largest absolute Gasteiger partial charge is 0.293 e. The van der Waals surface area contributed by atoms with Crippen molar-refractivity contribution in [3.63, 3.8) is 0 Å². The molecule has 0 heterocycles. The molecule has 0 N–H and O–H groups in total. The van der Waals surface area contributed by atoms with Crippen molar-refractivity contribution < 1.29 is 4.79 Å². The van der Waals surface area contributed by atoms with Gasteiger partial charge < -0.3 is 0 Å². The maximum Gasteiger partial charge on any atom is 0.172 e. The van der Waals surface area contributed by atoms with E-state index in [1.807, 2.05) is 31.4 Å². The Morgan fingerprint density at radius 2 is 2.23 bits per heavy atom. The van der Waals surface area contributed by atoms with Crippen LogP contribution >= 0.6 is 27.7 Å². The fourth-order valence-corrected chi connectivity index (χ4v) is 1.79. The minimum Gasteiger partial charge on any atom is -0.293 e. The van der Waals surface area contributed by atoms with Crippen LogP contribution in [0, 0.1) is 6.92 Å². The molecular weight excluding hydrogens is 248 g/mol. The van der Waals surface area contributed by atoms with Gasteiger partial charge in [-0.25, -0.2) is 0 Å². The molecule has 0 spiro atoms. The Hall–Kier alpha value is -0.280. The lowest BCUT2D eigenvalue weighted by Gasteiger charge is -2.01. The summed E-state index contributed by atoms with van der Waals surface area (Å²) in [5.41, 5.74) is 1.94. The van der Waals surface area contributed by atoms with E-state index in [2.05, 4.69) is 15.9 Å². The summed E-state index contributed by atoms with van der Waals surface area (Å²) in [4.78, 5) is 11.5. The van der Waals surface area contributed by atoms with Crippen molar-refractivity contribution in [3.05, 3.63) is 33.8 Å². The van der Waals surface area contributed by atoms with Crippen LogP contribution in [0.1, 0.15) is 15.9 Å². The maximum atomic E-state index is 11.5. The molecule has 0 atom stereocenters. The monoisotopic (exact) mass is 258 g/mol. The van der Waals surface area contributed by atoms with Crippen molar-refractivity contribution in [3.8, 4) is 0 Å². The second-order valence-electron chi connectivity index (χ2n) is 2.82. The van der Waals surface area contributed by atoms with Crippen molar-refractivity contribution in [2.24, 2.45) is 0 Å². The van der Waals surface area contributed by atoms with Gasteiger partial charge in [-0.15, -0.1) is 0 Å². The molecule has 1 aromatic rings. The smallest absolute Gasteiger partial charge is 0.172 e. The summed E-state index contributed by atoms with van der Waals surface area (Å²) in [5.74, 6) is 0.739. The second kappa shape index (κ2) is 4.82. The van der Waals surface area contributed by atoms with Gasteiger partial charge in [0.15, 0.2) is 5.78 Å². The van der Waals surface area contributed by atoms with E-state index in [9.17, 15) is 4.79 Å². The van der Waals surface area contributed by atoms with Gasteiger partial charge >= 0.3 is 0 Å². The van der Waals surface area contributed by atoms with E-state index in [1.54, 1.807) is 11.8 Å². The number of carbonyl (C=O) groups is 1. The first-order chi connectivity index (χ1) is 6.15. The molecular formula is C10H11BrOS. The third-order valence-electron chi connectivity index (χ3n) is 1.77. The molecule has 0 bridgehead atoms.